The van der Waals surface area contributed by atoms with Gasteiger partial charge in [-0.15, -0.1) is 0 Å². The third kappa shape index (κ3) is 3.32. The van der Waals surface area contributed by atoms with Crippen LogP contribution in [0, 0.1) is 0 Å². The molecule has 0 bridgehead atoms. The molecule has 1 aromatic heterocycles. The molecule has 0 fully saturated rings. The summed E-state index contributed by atoms with van der Waals surface area (Å²) in [5.41, 5.74) is 1.09. The molecule has 0 saturated carbocycles. The maximum atomic E-state index is 12.9. The number of fused-ring (bicyclic) bond motifs is 1. The molecule has 26 heavy (non-hydrogen) atoms. The van der Waals surface area contributed by atoms with Crippen LogP contribution < -0.4 is 14.3 Å². The SMILES string of the molecule is CCn1c(=NC(=O)c2c(OC)cccc2OC)sc2cc(Cl)cc(Cl)c21. The second-order valence-electron chi connectivity index (χ2n) is 5.32. The first-order valence-electron chi connectivity index (χ1n) is 7.78. The summed E-state index contributed by atoms with van der Waals surface area (Å²) in [6.45, 7) is 2.57. The lowest BCUT2D eigenvalue weighted by molar-refractivity contribution is 0.0992. The Morgan fingerprint density at radius 3 is 2.42 bits per heavy atom. The van der Waals surface area contributed by atoms with Gasteiger partial charge in [0.05, 0.1) is 29.5 Å². The van der Waals surface area contributed by atoms with Crippen LogP contribution in [0.1, 0.15) is 17.3 Å². The standard InChI is InChI=1S/C18H16Cl2N2O3S/c1-4-22-16-11(20)8-10(19)9-14(16)26-18(22)21-17(23)15-12(24-2)6-5-7-13(15)25-3/h5-9H,4H2,1-3H3. The summed E-state index contributed by atoms with van der Waals surface area (Å²) >= 11 is 13.8. The normalized spacial score (nSPS) is 11.8. The molecule has 1 amide bonds. The molecule has 0 radical (unpaired) electrons. The second-order valence-corrected chi connectivity index (χ2v) is 7.17. The Hall–Kier alpha value is -2.02. The number of thiazole rings is 1. The molecule has 0 aliphatic heterocycles. The zero-order valence-corrected chi connectivity index (χ0v) is 16.7. The lowest BCUT2D eigenvalue weighted by Crippen LogP contribution is -2.16. The van der Waals surface area contributed by atoms with Crippen molar-refractivity contribution in [2.24, 2.45) is 4.99 Å². The second kappa shape index (κ2) is 7.70. The van der Waals surface area contributed by atoms with E-state index in [1.165, 1.54) is 25.6 Å². The van der Waals surface area contributed by atoms with E-state index < -0.39 is 5.91 Å². The number of carbonyl (C=O) groups excluding carboxylic acids is 1. The van der Waals surface area contributed by atoms with E-state index in [-0.39, 0.29) is 5.56 Å². The summed E-state index contributed by atoms with van der Waals surface area (Å²) in [4.78, 5) is 17.7. The molecule has 0 saturated heterocycles. The van der Waals surface area contributed by atoms with E-state index in [1.807, 2.05) is 17.6 Å². The summed E-state index contributed by atoms with van der Waals surface area (Å²) in [6, 6.07) is 8.63. The van der Waals surface area contributed by atoms with Crippen molar-refractivity contribution in [2.45, 2.75) is 13.5 Å². The Bertz CT molecular complexity index is 1030. The van der Waals surface area contributed by atoms with Crippen molar-refractivity contribution in [1.29, 1.82) is 0 Å². The van der Waals surface area contributed by atoms with Crippen LogP contribution in [0.4, 0.5) is 0 Å². The molecular formula is C18H16Cl2N2O3S. The fraction of sp³-hybridized carbons (Fsp3) is 0.222. The highest BCUT2D eigenvalue weighted by Gasteiger charge is 2.19. The van der Waals surface area contributed by atoms with Crippen molar-refractivity contribution < 1.29 is 14.3 Å². The van der Waals surface area contributed by atoms with Crippen molar-refractivity contribution in [2.75, 3.05) is 14.2 Å². The average molecular weight is 411 g/mol. The van der Waals surface area contributed by atoms with Gasteiger partial charge in [0.2, 0.25) is 0 Å². The number of carbonyl (C=O) groups is 1. The van der Waals surface area contributed by atoms with Gasteiger partial charge in [-0.25, -0.2) is 0 Å². The Morgan fingerprint density at radius 1 is 1.19 bits per heavy atom. The molecule has 0 N–H and O–H groups in total. The largest absolute Gasteiger partial charge is 0.496 e. The fourth-order valence-corrected chi connectivity index (χ4v) is 4.59. The van der Waals surface area contributed by atoms with E-state index >= 15 is 0 Å². The van der Waals surface area contributed by atoms with E-state index in [0.717, 1.165) is 10.2 Å². The summed E-state index contributed by atoms with van der Waals surface area (Å²) in [7, 11) is 3.00. The van der Waals surface area contributed by atoms with Crippen molar-refractivity contribution in [1.82, 2.24) is 4.57 Å². The van der Waals surface area contributed by atoms with Crippen LogP contribution in [0.25, 0.3) is 10.2 Å². The minimum absolute atomic E-state index is 0.279. The van der Waals surface area contributed by atoms with Gasteiger partial charge < -0.3 is 14.0 Å². The highest BCUT2D eigenvalue weighted by Crippen LogP contribution is 2.31. The van der Waals surface area contributed by atoms with E-state index in [0.29, 0.717) is 32.9 Å². The smallest absolute Gasteiger partial charge is 0.287 e. The van der Waals surface area contributed by atoms with Gasteiger partial charge in [-0.05, 0) is 31.2 Å². The topological polar surface area (TPSA) is 52.8 Å². The number of halogens is 2. The molecule has 0 aliphatic rings. The average Bonchev–Trinajstić information content (AvgIpc) is 2.97. The van der Waals surface area contributed by atoms with Crippen LogP contribution in [0.5, 0.6) is 11.5 Å². The summed E-state index contributed by atoms with van der Waals surface area (Å²) in [5, 5.41) is 1.06. The minimum atomic E-state index is -0.449. The predicted molar refractivity (Wildman–Crippen MR) is 105 cm³/mol. The number of aromatic nitrogens is 1. The quantitative estimate of drug-likeness (QED) is 0.621. The molecule has 0 atom stereocenters. The minimum Gasteiger partial charge on any atom is -0.496 e. The number of amides is 1. The van der Waals surface area contributed by atoms with Gasteiger partial charge in [-0.2, -0.15) is 4.99 Å². The van der Waals surface area contributed by atoms with E-state index in [4.69, 9.17) is 32.7 Å². The van der Waals surface area contributed by atoms with E-state index in [9.17, 15) is 4.79 Å². The molecular weight excluding hydrogens is 395 g/mol. The first-order chi connectivity index (χ1) is 12.5. The third-order valence-electron chi connectivity index (χ3n) is 3.85. The number of aryl methyl sites for hydroxylation is 1. The van der Waals surface area contributed by atoms with Crippen LogP contribution in [0.2, 0.25) is 10.0 Å². The third-order valence-corrected chi connectivity index (χ3v) is 5.38. The molecule has 3 aromatic rings. The van der Waals surface area contributed by atoms with Crippen LogP contribution in [0.3, 0.4) is 0 Å². The lowest BCUT2D eigenvalue weighted by atomic mass is 10.1. The van der Waals surface area contributed by atoms with E-state index in [2.05, 4.69) is 4.99 Å². The number of rotatable bonds is 4. The summed E-state index contributed by atoms with van der Waals surface area (Å²) in [6.07, 6.45) is 0. The van der Waals surface area contributed by atoms with Gasteiger partial charge in [0.1, 0.15) is 17.1 Å². The maximum Gasteiger partial charge on any atom is 0.287 e. The van der Waals surface area contributed by atoms with Crippen LogP contribution in [-0.4, -0.2) is 24.7 Å². The van der Waals surface area contributed by atoms with E-state index in [1.54, 1.807) is 24.3 Å². The van der Waals surface area contributed by atoms with Crippen LogP contribution in [-0.2, 0) is 6.54 Å². The molecule has 136 valence electrons. The number of methoxy groups -OCH3 is 2. The first-order valence-corrected chi connectivity index (χ1v) is 9.35. The summed E-state index contributed by atoms with van der Waals surface area (Å²) < 4.78 is 13.3. The molecule has 1 heterocycles. The van der Waals surface area contributed by atoms with Crippen molar-refractivity contribution >= 4 is 50.7 Å². The van der Waals surface area contributed by atoms with Crippen molar-refractivity contribution in [3.63, 3.8) is 0 Å². The summed E-state index contributed by atoms with van der Waals surface area (Å²) in [5.74, 6) is 0.363. The molecule has 8 heteroatoms. The van der Waals surface area contributed by atoms with Crippen LogP contribution in [0.15, 0.2) is 35.3 Å². The van der Waals surface area contributed by atoms with Gasteiger partial charge in [-0.1, -0.05) is 40.6 Å². The van der Waals surface area contributed by atoms with Crippen molar-refractivity contribution in [3.05, 3.63) is 50.7 Å². The zero-order chi connectivity index (χ0) is 18.8. The Labute approximate surface area is 164 Å². The van der Waals surface area contributed by atoms with Gasteiger partial charge in [-0.3, -0.25) is 4.79 Å². The monoisotopic (exact) mass is 410 g/mol. The number of hydrogen-bond donors (Lipinski definition) is 0. The van der Waals surface area contributed by atoms with Crippen LogP contribution >= 0.6 is 34.5 Å². The Morgan fingerprint density at radius 2 is 1.85 bits per heavy atom. The van der Waals surface area contributed by atoms with Gasteiger partial charge >= 0.3 is 0 Å². The Balaban J connectivity index is 2.23. The molecule has 0 spiro atoms. The lowest BCUT2D eigenvalue weighted by Gasteiger charge is -2.09. The molecule has 3 rings (SSSR count). The number of benzene rings is 2. The number of hydrogen-bond acceptors (Lipinski definition) is 4. The number of ether oxygens (including phenoxy) is 2. The zero-order valence-electron chi connectivity index (χ0n) is 14.4. The predicted octanol–water partition coefficient (Wildman–Crippen LogP) is 4.79. The van der Waals surface area contributed by atoms with Gasteiger partial charge in [0, 0.05) is 11.6 Å². The van der Waals surface area contributed by atoms with Gasteiger partial charge in [0.25, 0.3) is 5.91 Å². The first kappa shape index (κ1) is 18.8. The number of nitrogens with zero attached hydrogens (tertiary/aromatic N) is 2. The van der Waals surface area contributed by atoms with Gasteiger partial charge in [0.15, 0.2) is 4.80 Å². The molecule has 5 nitrogen and oxygen atoms in total. The highest BCUT2D eigenvalue weighted by atomic mass is 35.5. The van der Waals surface area contributed by atoms with Crippen molar-refractivity contribution in [3.8, 4) is 11.5 Å². The maximum absolute atomic E-state index is 12.9. The Kier molecular flexibility index (Phi) is 5.55. The molecule has 2 aromatic carbocycles. The fourth-order valence-electron chi connectivity index (χ4n) is 2.71. The molecule has 0 unspecified atom stereocenters. The highest BCUT2D eigenvalue weighted by molar-refractivity contribution is 7.16. The molecule has 0 aliphatic carbocycles.